The number of methoxy groups -OCH3 is 1. The van der Waals surface area contributed by atoms with Crippen molar-refractivity contribution in [2.75, 3.05) is 39.9 Å². The summed E-state index contributed by atoms with van der Waals surface area (Å²) in [5.41, 5.74) is 1.33. The summed E-state index contributed by atoms with van der Waals surface area (Å²) in [6, 6.07) is 3.46. The van der Waals surface area contributed by atoms with Gasteiger partial charge in [0.15, 0.2) is 5.82 Å². The average molecular weight is 414 g/mol. The van der Waals surface area contributed by atoms with Crippen LogP contribution in [0.5, 0.6) is 5.88 Å². The normalized spacial score (nSPS) is 19.2. The molecule has 30 heavy (non-hydrogen) atoms. The number of carbonyl (C=O) groups is 2. The molecule has 0 spiro atoms. The lowest BCUT2D eigenvalue weighted by Gasteiger charge is -2.35. The monoisotopic (exact) mass is 414 g/mol. The van der Waals surface area contributed by atoms with Crippen molar-refractivity contribution < 1.29 is 19.1 Å². The summed E-state index contributed by atoms with van der Waals surface area (Å²) in [6.45, 7) is 4.65. The van der Waals surface area contributed by atoms with E-state index in [0.717, 1.165) is 18.5 Å². The highest BCUT2D eigenvalue weighted by Gasteiger charge is 2.32. The predicted molar refractivity (Wildman–Crippen MR) is 107 cm³/mol. The van der Waals surface area contributed by atoms with E-state index in [-0.39, 0.29) is 17.9 Å². The van der Waals surface area contributed by atoms with Crippen LogP contribution in [0.4, 0.5) is 0 Å². The zero-order valence-electron chi connectivity index (χ0n) is 17.3. The smallest absolute Gasteiger partial charge is 0.257 e. The molecular formula is C20H26N6O4. The lowest BCUT2D eigenvalue weighted by Crippen LogP contribution is -2.52. The van der Waals surface area contributed by atoms with Crippen molar-refractivity contribution in [2.24, 2.45) is 0 Å². The van der Waals surface area contributed by atoms with E-state index in [1.54, 1.807) is 32.8 Å². The van der Waals surface area contributed by atoms with Crippen molar-refractivity contribution in [1.82, 2.24) is 29.8 Å². The van der Waals surface area contributed by atoms with Crippen molar-refractivity contribution in [3.05, 3.63) is 29.6 Å². The Kier molecular flexibility index (Phi) is 5.93. The third-order valence-electron chi connectivity index (χ3n) is 5.57. The van der Waals surface area contributed by atoms with Gasteiger partial charge in [0.1, 0.15) is 6.10 Å². The molecule has 4 heterocycles. The second kappa shape index (κ2) is 8.78. The summed E-state index contributed by atoms with van der Waals surface area (Å²) in [4.78, 5) is 29.2. The molecule has 2 saturated heterocycles. The molecule has 10 heteroatoms. The molecule has 0 radical (unpaired) electrons. The molecule has 2 amide bonds. The Balaban J connectivity index is 1.45. The van der Waals surface area contributed by atoms with Crippen molar-refractivity contribution >= 4 is 11.8 Å². The van der Waals surface area contributed by atoms with Crippen molar-refractivity contribution in [3.8, 4) is 11.7 Å². The molecule has 0 unspecified atom stereocenters. The van der Waals surface area contributed by atoms with Gasteiger partial charge in [-0.1, -0.05) is 6.92 Å². The van der Waals surface area contributed by atoms with Gasteiger partial charge in [-0.2, -0.15) is 5.10 Å². The van der Waals surface area contributed by atoms with Crippen molar-refractivity contribution in [3.63, 3.8) is 0 Å². The third-order valence-corrected chi connectivity index (χ3v) is 5.57. The van der Waals surface area contributed by atoms with Gasteiger partial charge in [-0.15, -0.1) is 10.2 Å². The van der Waals surface area contributed by atoms with Crippen LogP contribution >= 0.6 is 0 Å². The van der Waals surface area contributed by atoms with Crippen LogP contribution in [0.3, 0.4) is 0 Å². The predicted octanol–water partition coefficient (Wildman–Crippen LogP) is 0.697. The minimum absolute atomic E-state index is 0.0414. The molecule has 0 saturated carbocycles. The molecule has 2 fully saturated rings. The first-order chi connectivity index (χ1) is 14.6. The number of nitrogens with zero attached hydrogens (tertiary/aromatic N) is 6. The molecule has 2 aromatic heterocycles. The van der Waals surface area contributed by atoms with Crippen LogP contribution in [-0.4, -0.2) is 87.6 Å². The molecule has 2 aromatic rings. The fourth-order valence-corrected chi connectivity index (χ4v) is 3.90. The van der Waals surface area contributed by atoms with Crippen LogP contribution in [0.15, 0.2) is 18.3 Å². The quantitative estimate of drug-likeness (QED) is 0.709. The van der Waals surface area contributed by atoms with Crippen LogP contribution in [0.25, 0.3) is 5.82 Å². The number of piperazine rings is 1. The largest absolute Gasteiger partial charge is 0.480 e. The summed E-state index contributed by atoms with van der Waals surface area (Å²) in [6.07, 6.45) is 3.59. The molecule has 0 aliphatic carbocycles. The topological polar surface area (TPSA) is 103 Å². The van der Waals surface area contributed by atoms with Gasteiger partial charge in [0.25, 0.3) is 11.8 Å². The van der Waals surface area contributed by atoms with Gasteiger partial charge in [-0.3, -0.25) is 9.59 Å². The Morgan fingerprint density at radius 1 is 1.17 bits per heavy atom. The summed E-state index contributed by atoms with van der Waals surface area (Å²) in [5.74, 6) is 0.901. The molecule has 0 bridgehead atoms. The average Bonchev–Trinajstić information content (AvgIpc) is 3.48. The van der Waals surface area contributed by atoms with Crippen molar-refractivity contribution in [1.29, 1.82) is 0 Å². The second-order valence-corrected chi connectivity index (χ2v) is 7.32. The van der Waals surface area contributed by atoms with E-state index >= 15 is 0 Å². The maximum Gasteiger partial charge on any atom is 0.257 e. The first kappa shape index (κ1) is 20.3. The Morgan fingerprint density at radius 3 is 2.53 bits per heavy atom. The highest BCUT2D eigenvalue weighted by Crippen LogP contribution is 2.20. The number of ether oxygens (including phenoxy) is 2. The van der Waals surface area contributed by atoms with E-state index in [0.29, 0.717) is 56.5 Å². The maximum absolute atomic E-state index is 13.1. The molecule has 1 atom stereocenters. The first-order valence-corrected chi connectivity index (χ1v) is 10.3. The SMILES string of the molecule is CCc1c(C(=O)N2CCN(C(=O)[C@@H]3CCCO3)CC2)cnn1-c1ccc(OC)nn1. The van der Waals surface area contributed by atoms with Gasteiger partial charge >= 0.3 is 0 Å². The molecule has 0 N–H and O–H groups in total. The van der Waals surface area contributed by atoms with E-state index in [9.17, 15) is 9.59 Å². The molecule has 4 rings (SSSR count). The molecule has 160 valence electrons. The van der Waals surface area contributed by atoms with E-state index in [1.807, 2.05) is 6.92 Å². The summed E-state index contributed by atoms with van der Waals surface area (Å²) in [5, 5.41) is 12.5. The van der Waals surface area contributed by atoms with Gasteiger partial charge in [-0.25, -0.2) is 4.68 Å². The van der Waals surface area contributed by atoms with E-state index in [2.05, 4.69) is 15.3 Å². The lowest BCUT2D eigenvalue weighted by atomic mass is 10.1. The van der Waals surface area contributed by atoms with Crippen molar-refractivity contribution in [2.45, 2.75) is 32.3 Å². The number of hydrogen-bond donors (Lipinski definition) is 0. The number of rotatable bonds is 5. The fraction of sp³-hybridized carbons (Fsp3) is 0.550. The standard InChI is InChI=1S/C20H26N6O4/c1-3-15-14(13-21-26(15)17-6-7-18(29-2)23-22-17)19(27)24-8-10-25(11-9-24)20(28)16-5-4-12-30-16/h6-7,13,16H,3-5,8-12H2,1-2H3/t16-/m0/s1. The molecule has 10 nitrogen and oxygen atoms in total. The number of amides is 2. The molecule has 2 aliphatic rings. The summed E-state index contributed by atoms with van der Waals surface area (Å²) < 4.78 is 12.2. The summed E-state index contributed by atoms with van der Waals surface area (Å²) in [7, 11) is 1.53. The second-order valence-electron chi connectivity index (χ2n) is 7.32. The third kappa shape index (κ3) is 3.87. The minimum Gasteiger partial charge on any atom is -0.480 e. The van der Waals surface area contributed by atoms with Gasteiger partial charge in [-0.05, 0) is 25.3 Å². The first-order valence-electron chi connectivity index (χ1n) is 10.3. The Bertz CT molecular complexity index is 899. The zero-order chi connectivity index (χ0) is 21.1. The Morgan fingerprint density at radius 2 is 1.93 bits per heavy atom. The molecule has 0 aromatic carbocycles. The summed E-state index contributed by atoms with van der Waals surface area (Å²) >= 11 is 0. The van der Waals surface area contributed by atoms with Crippen LogP contribution < -0.4 is 4.74 Å². The van der Waals surface area contributed by atoms with E-state index < -0.39 is 0 Å². The fourth-order valence-electron chi connectivity index (χ4n) is 3.90. The van der Waals surface area contributed by atoms with Gasteiger partial charge < -0.3 is 19.3 Å². The van der Waals surface area contributed by atoms with E-state index in [4.69, 9.17) is 9.47 Å². The molecular weight excluding hydrogens is 388 g/mol. The van der Waals surface area contributed by atoms with Crippen LogP contribution in [0.2, 0.25) is 0 Å². The van der Waals surface area contributed by atoms with Crippen LogP contribution in [-0.2, 0) is 16.0 Å². The Hall–Kier alpha value is -3.01. The highest BCUT2D eigenvalue weighted by atomic mass is 16.5. The van der Waals surface area contributed by atoms with Gasteiger partial charge in [0, 0.05) is 38.9 Å². The van der Waals surface area contributed by atoms with Crippen LogP contribution in [0.1, 0.15) is 35.8 Å². The number of carbonyl (C=O) groups excluding carboxylic acids is 2. The zero-order valence-corrected chi connectivity index (χ0v) is 17.3. The Labute approximate surface area is 174 Å². The highest BCUT2D eigenvalue weighted by molar-refractivity contribution is 5.95. The van der Waals surface area contributed by atoms with Crippen LogP contribution in [0, 0.1) is 0 Å². The van der Waals surface area contributed by atoms with E-state index in [1.165, 1.54) is 7.11 Å². The number of hydrogen-bond acceptors (Lipinski definition) is 7. The number of aromatic nitrogens is 4. The van der Waals surface area contributed by atoms with Gasteiger partial charge in [0.2, 0.25) is 5.88 Å². The lowest BCUT2D eigenvalue weighted by molar-refractivity contribution is -0.142. The maximum atomic E-state index is 13.1. The minimum atomic E-state index is -0.317. The molecule has 2 aliphatic heterocycles. The van der Waals surface area contributed by atoms with Gasteiger partial charge in [0.05, 0.1) is 24.6 Å².